The van der Waals surface area contributed by atoms with E-state index in [-0.39, 0.29) is 17.9 Å². The molecule has 5 heteroatoms. The molecule has 3 aromatic rings. The van der Waals surface area contributed by atoms with Gasteiger partial charge in [-0.1, -0.05) is 23.7 Å². The molecule has 2 aromatic carbocycles. The van der Waals surface area contributed by atoms with Crippen LogP contribution in [0.2, 0.25) is 5.02 Å². The molecular formula is C19H17ClN2O2. The van der Waals surface area contributed by atoms with Crippen LogP contribution in [0.25, 0.3) is 10.9 Å². The fourth-order valence-corrected chi connectivity index (χ4v) is 2.80. The van der Waals surface area contributed by atoms with Gasteiger partial charge in [0, 0.05) is 28.4 Å². The van der Waals surface area contributed by atoms with Gasteiger partial charge in [-0.3, -0.25) is 9.59 Å². The molecule has 24 heavy (non-hydrogen) atoms. The number of amides is 1. The van der Waals surface area contributed by atoms with E-state index in [2.05, 4.69) is 5.32 Å². The zero-order valence-electron chi connectivity index (χ0n) is 13.5. The van der Waals surface area contributed by atoms with E-state index < -0.39 is 0 Å². The molecule has 0 radical (unpaired) electrons. The van der Waals surface area contributed by atoms with E-state index in [9.17, 15) is 9.59 Å². The predicted molar refractivity (Wildman–Crippen MR) is 97.8 cm³/mol. The second-order valence-electron chi connectivity index (χ2n) is 5.84. The number of carbonyl (C=O) groups is 1. The summed E-state index contributed by atoms with van der Waals surface area (Å²) in [6.45, 7) is 4.03. The minimum absolute atomic E-state index is 0.0900. The molecule has 0 atom stereocenters. The summed E-state index contributed by atoms with van der Waals surface area (Å²) in [6.07, 6.45) is 1.61. The van der Waals surface area contributed by atoms with Crippen molar-refractivity contribution in [2.75, 3.05) is 5.32 Å². The van der Waals surface area contributed by atoms with Crippen LogP contribution in [0.3, 0.4) is 0 Å². The molecule has 1 amide bonds. The lowest BCUT2D eigenvalue weighted by atomic mass is 10.1. The minimum Gasteiger partial charge on any atom is -0.338 e. The highest BCUT2D eigenvalue weighted by molar-refractivity contribution is 6.31. The Labute approximate surface area is 144 Å². The summed E-state index contributed by atoms with van der Waals surface area (Å²) in [4.78, 5) is 24.4. The molecule has 0 unspecified atom stereocenters. The maximum absolute atomic E-state index is 12.4. The number of nitrogens with zero attached hydrogens (tertiary/aromatic N) is 1. The van der Waals surface area contributed by atoms with Gasteiger partial charge >= 0.3 is 0 Å². The van der Waals surface area contributed by atoms with Crippen LogP contribution in [0.15, 0.2) is 53.5 Å². The van der Waals surface area contributed by atoms with Crippen LogP contribution in [-0.2, 0) is 11.3 Å². The van der Waals surface area contributed by atoms with Gasteiger partial charge in [0.25, 0.3) is 0 Å². The van der Waals surface area contributed by atoms with Gasteiger partial charge in [0.1, 0.15) is 6.54 Å². The van der Waals surface area contributed by atoms with Crippen LogP contribution in [-0.4, -0.2) is 10.5 Å². The molecule has 0 saturated heterocycles. The van der Waals surface area contributed by atoms with Gasteiger partial charge in [-0.2, -0.15) is 0 Å². The number of aryl methyl sites for hydroxylation is 2. The highest BCUT2D eigenvalue weighted by atomic mass is 35.5. The normalized spacial score (nSPS) is 10.8. The van der Waals surface area contributed by atoms with Gasteiger partial charge in [-0.15, -0.1) is 0 Å². The number of pyridine rings is 1. The number of aromatic nitrogens is 1. The monoisotopic (exact) mass is 340 g/mol. The standard InChI is InChI=1S/C19H17ClN2O2/c1-12-3-4-13(2)16(9-12)21-19(24)11-22-8-7-18(23)15-6-5-14(20)10-17(15)22/h3-10H,11H2,1-2H3,(H,21,24). The van der Waals surface area contributed by atoms with Crippen molar-refractivity contribution in [3.05, 3.63) is 75.0 Å². The first-order chi connectivity index (χ1) is 11.4. The number of anilines is 1. The average molecular weight is 341 g/mol. The Morgan fingerprint density at radius 1 is 1.12 bits per heavy atom. The number of rotatable bonds is 3. The molecule has 1 N–H and O–H groups in total. The summed E-state index contributed by atoms with van der Waals surface area (Å²) in [6, 6.07) is 12.4. The van der Waals surface area contributed by atoms with Crippen LogP contribution in [0.5, 0.6) is 0 Å². The summed E-state index contributed by atoms with van der Waals surface area (Å²) in [5.74, 6) is -0.159. The van der Waals surface area contributed by atoms with Crippen molar-refractivity contribution in [1.29, 1.82) is 0 Å². The van der Waals surface area contributed by atoms with E-state index in [0.29, 0.717) is 15.9 Å². The lowest BCUT2D eigenvalue weighted by Crippen LogP contribution is -2.20. The Balaban J connectivity index is 1.91. The number of halogens is 1. The average Bonchev–Trinajstić information content (AvgIpc) is 2.53. The zero-order valence-corrected chi connectivity index (χ0v) is 14.2. The third kappa shape index (κ3) is 3.34. The van der Waals surface area contributed by atoms with E-state index in [1.165, 1.54) is 6.07 Å². The van der Waals surface area contributed by atoms with Gasteiger partial charge < -0.3 is 9.88 Å². The van der Waals surface area contributed by atoms with Crippen LogP contribution in [0, 0.1) is 13.8 Å². The molecule has 1 aromatic heterocycles. The zero-order chi connectivity index (χ0) is 17.3. The Morgan fingerprint density at radius 2 is 1.92 bits per heavy atom. The lowest BCUT2D eigenvalue weighted by Gasteiger charge is -2.13. The highest BCUT2D eigenvalue weighted by Gasteiger charge is 2.09. The smallest absolute Gasteiger partial charge is 0.244 e. The molecule has 3 rings (SSSR count). The molecule has 122 valence electrons. The lowest BCUT2D eigenvalue weighted by molar-refractivity contribution is -0.116. The van der Waals surface area contributed by atoms with Crippen LogP contribution in [0.4, 0.5) is 5.69 Å². The number of fused-ring (bicyclic) bond motifs is 1. The molecule has 0 aliphatic rings. The van der Waals surface area contributed by atoms with Gasteiger partial charge in [-0.05, 0) is 49.2 Å². The Hall–Kier alpha value is -2.59. The van der Waals surface area contributed by atoms with Crippen molar-refractivity contribution in [2.24, 2.45) is 0 Å². The number of hydrogen-bond acceptors (Lipinski definition) is 2. The quantitative estimate of drug-likeness (QED) is 0.786. The molecule has 4 nitrogen and oxygen atoms in total. The van der Waals surface area contributed by atoms with Crippen LogP contribution in [0.1, 0.15) is 11.1 Å². The molecule has 0 saturated carbocycles. The number of hydrogen-bond donors (Lipinski definition) is 1. The third-order valence-electron chi connectivity index (χ3n) is 3.92. The summed E-state index contributed by atoms with van der Waals surface area (Å²) >= 11 is 6.03. The molecule has 0 aliphatic carbocycles. The second-order valence-corrected chi connectivity index (χ2v) is 6.27. The summed E-state index contributed by atoms with van der Waals surface area (Å²) in [7, 11) is 0. The molecule has 1 heterocycles. The number of carbonyl (C=O) groups excluding carboxylic acids is 1. The van der Waals surface area contributed by atoms with Crippen molar-refractivity contribution in [3.63, 3.8) is 0 Å². The van der Waals surface area contributed by atoms with Crippen LogP contribution >= 0.6 is 11.6 Å². The third-order valence-corrected chi connectivity index (χ3v) is 4.16. The molecule has 0 spiro atoms. The van der Waals surface area contributed by atoms with Crippen molar-refractivity contribution in [1.82, 2.24) is 4.57 Å². The van der Waals surface area contributed by atoms with Gasteiger partial charge in [0.15, 0.2) is 5.43 Å². The van der Waals surface area contributed by atoms with E-state index in [4.69, 9.17) is 11.6 Å². The number of nitrogens with one attached hydrogen (secondary N) is 1. The maximum atomic E-state index is 12.4. The fourth-order valence-electron chi connectivity index (χ4n) is 2.63. The van der Waals surface area contributed by atoms with E-state index in [0.717, 1.165) is 16.8 Å². The first-order valence-corrected chi connectivity index (χ1v) is 7.97. The van der Waals surface area contributed by atoms with Crippen molar-refractivity contribution < 1.29 is 4.79 Å². The van der Waals surface area contributed by atoms with Gasteiger partial charge in [0.2, 0.25) is 5.91 Å². The minimum atomic E-state index is -0.159. The summed E-state index contributed by atoms with van der Waals surface area (Å²) in [5, 5.41) is 3.99. The Bertz CT molecular complexity index is 992. The van der Waals surface area contributed by atoms with Crippen molar-refractivity contribution >= 4 is 34.1 Å². The predicted octanol–water partition coefficient (Wildman–Crippen LogP) is 3.91. The first-order valence-electron chi connectivity index (χ1n) is 7.60. The second kappa shape index (κ2) is 6.49. The summed E-state index contributed by atoms with van der Waals surface area (Å²) < 4.78 is 1.73. The Morgan fingerprint density at radius 3 is 2.71 bits per heavy atom. The van der Waals surface area contributed by atoms with E-state index >= 15 is 0 Å². The molecule has 0 aliphatic heterocycles. The molecular weight excluding hydrogens is 324 g/mol. The van der Waals surface area contributed by atoms with Crippen molar-refractivity contribution in [2.45, 2.75) is 20.4 Å². The van der Waals surface area contributed by atoms with Gasteiger partial charge in [-0.25, -0.2) is 0 Å². The number of benzene rings is 2. The first kappa shape index (κ1) is 16.3. The fraction of sp³-hybridized carbons (Fsp3) is 0.158. The van der Waals surface area contributed by atoms with E-state index in [1.54, 1.807) is 29.0 Å². The van der Waals surface area contributed by atoms with Crippen molar-refractivity contribution in [3.8, 4) is 0 Å². The molecule has 0 bridgehead atoms. The summed E-state index contributed by atoms with van der Waals surface area (Å²) in [5.41, 5.74) is 3.43. The van der Waals surface area contributed by atoms with E-state index in [1.807, 2.05) is 32.0 Å². The topological polar surface area (TPSA) is 51.1 Å². The highest BCUT2D eigenvalue weighted by Crippen LogP contribution is 2.18. The van der Waals surface area contributed by atoms with Crippen LogP contribution < -0.4 is 10.7 Å². The largest absolute Gasteiger partial charge is 0.338 e. The Kier molecular flexibility index (Phi) is 4.40. The molecule has 0 fully saturated rings. The maximum Gasteiger partial charge on any atom is 0.244 e. The SMILES string of the molecule is Cc1ccc(C)c(NC(=O)Cn2ccc(=O)c3ccc(Cl)cc32)c1. The van der Waals surface area contributed by atoms with Gasteiger partial charge in [0.05, 0.1) is 5.52 Å².